The number of thiazole rings is 1. The SMILES string of the molecule is CN(Cc1nc(-c2cccc(Br)c2)no1)S(=O)(=O)c1ccc2c(c1)sc(=O)n2C. The van der Waals surface area contributed by atoms with E-state index in [4.69, 9.17) is 4.52 Å². The van der Waals surface area contributed by atoms with Crippen molar-refractivity contribution in [2.24, 2.45) is 7.05 Å². The second-order valence-corrected chi connectivity index (χ2v) is 10.3. The predicted octanol–water partition coefficient (Wildman–Crippen LogP) is 3.23. The van der Waals surface area contributed by atoms with E-state index < -0.39 is 10.0 Å². The minimum atomic E-state index is -3.80. The molecule has 150 valence electrons. The molecule has 0 aliphatic carbocycles. The van der Waals surface area contributed by atoms with Crippen LogP contribution < -0.4 is 4.87 Å². The summed E-state index contributed by atoms with van der Waals surface area (Å²) in [7, 11) is -0.708. The van der Waals surface area contributed by atoms with Crippen LogP contribution in [0.4, 0.5) is 0 Å². The number of benzene rings is 2. The first-order valence-electron chi connectivity index (χ1n) is 8.40. The van der Waals surface area contributed by atoms with Crippen molar-refractivity contribution in [3.05, 3.63) is 62.5 Å². The van der Waals surface area contributed by atoms with Crippen molar-refractivity contribution in [3.63, 3.8) is 0 Å². The molecule has 0 atom stereocenters. The molecule has 4 rings (SSSR count). The number of rotatable bonds is 5. The molecule has 0 saturated heterocycles. The number of aryl methyl sites for hydroxylation is 1. The van der Waals surface area contributed by atoms with Gasteiger partial charge in [-0.3, -0.25) is 4.79 Å². The van der Waals surface area contributed by atoms with Crippen LogP contribution in [0.2, 0.25) is 0 Å². The first-order chi connectivity index (χ1) is 13.8. The highest BCUT2D eigenvalue weighted by Gasteiger charge is 2.24. The van der Waals surface area contributed by atoms with Crippen molar-refractivity contribution in [3.8, 4) is 11.4 Å². The molecule has 11 heteroatoms. The van der Waals surface area contributed by atoms with Crippen LogP contribution in [0.3, 0.4) is 0 Å². The molecule has 8 nitrogen and oxygen atoms in total. The van der Waals surface area contributed by atoms with Crippen LogP contribution in [-0.4, -0.2) is 34.5 Å². The zero-order valence-electron chi connectivity index (χ0n) is 15.4. The lowest BCUT2D eigenvalue weighted by atomic mass is 10.2. The lowest BCUT2D eigenvalue weighted by Crippen LogP contribution is -2.26. The van der Waals surface area contributed by atoms with Crippen molar-refractivity contribution in [2.75, 3.05) is 7.05 Å². The molecule has 0 fully saturated rings. The molecule has 0 aliphatic heterocycles. The Kier molecular flexibility index (Phi) is 5.15. The maximum absolute atomic E-state index is 12.9. The molecule has 2 aromatic carbocycles. The highest BCUT2D eigenvalue weighted by Crippen LogP contribution is 2.25. The van der Waals surface area contributed by atoms with Crippen LogP contribution in [0.25, 0.3) is 21.6 Å². The number of sulfonamides is 1. The summed E-state index contributed by atoms with van der Waals surface area (Å²) in [6.07, 6.45) is 0. The van der Waals surface area contributed by atoms with Crippen molar-refractivity contribution in [2.45, 2.75) is 11.4 Å². The molecule has 0 aliphatic rings. The number of aromatic nitrogens is 3. The van der Waals surface area contributed by atoms with Crippen molar-refractivity contribution in [1.29, 1.82) is 0 Å². The van der Waals surface area contributed by atoms with E-state index in [1.807, 2.05) is 24.3 Å². The minimum Gasteiger partial charge on any atom is -0.338 e. The molecular formula is C18H15BrN4O4S2. The Morgan fingerprint density at radius 3 is 2.79 bits per heavy atom. The van der Waals surface area contributed by atoms with E-state index in [0.717, 1.165) is 25.7 Å². The van der Waals surface area contributed by atoms with E-state index >= 15 is 0 Å². The lowest BCUT2D eigenvalue weighted by Gasteiger charge is -2.15. The maximum atomic E-state index is 12.9. The van der Waals surface area contributed by atoms with Gasteiger partial charge >= 0.3 is 4.87 Å². The Labute approximate surface area is 178 Å². The standard InChI is InChI=1S/C18H15BrN4O4S2/c1-22(10-16-20-17(21-27-16)11-4-3-5-12(19)8-11)29(25,26)13-6-7-14-15(9-13)28-18(24)23(14)2/h3-9H,10H2,1-2H3. The van der Waals surface area contributed by atoms with Gasteiger partial charge in [0.25, 0.3) is 0 Å². The zero-order valence-corrected chi connectivity index (χ0v) is 18.6. The van der Waals surface area contributed by atoms with Gasteiger partial charge in [0.1, 0.15) is 0 Å². The second-order valence-electron chi connectivity index (χ2n) is 6.34. The van der Waals surface area contributed by atoms with Gasteiger partial charge in [0.2, 0.25) is 21.7 Å². The Balaban J connectivity index is 1.59. The Bertz CT molecular complexity index is 1370. The number of hydrogen-bond donors (Lipinski definition) is 0. The molecule has 0 spiro atoms. The van der Waals surface area contributed by atoms with E-state index in [-0.39, 0.29) is 22.2 Å². The van der Waals surface area contributed by atoms with Gasteiger partial charge in [-0.05, 0) is 30.3 Å². The van der Waals surface area contributed by atoms with E-state index in [0.29, 0.717) is 16.0 Å². The molecule has 0 amide bonds. The van der Waals surface area contributed by atoms with Gasteiger partial charge in [-0.1, -0.05) is 44.6 Å². The summed E-state index contributed by atoms with van der Waals surface area (Å²) in [5, 5.41) is 3.92. The normalized spacial score (nSPS) is 12.1. The Hall–Kier alpha value is -2.34. The smallest absolute Gasteiger partial charge is 0.307 e. The lowest BCUT2D eigenvalue weighted by molar-refractivity contribution is 0.337. The second kappa shape index (κ2) is 7.48. The van der Waals surface area contributed by atoms with Crippen LogP contribution in [0.1, 0.15) is 5.89 Å². The molecule has 0 bridgehead atoms. The number of hydrogen-bond acceptors (Lipinski definition) is 7. The summed E-state index contributed by atoms with van der Waals surface area (Å²) in [4.78, 5) is 16.0. The fraction of sp³-hybridized carbons (Fsp3) is 0.167. The Morgan fingerprint density at radius 1 is 1.24 bits per heavy atom. The summed E-state index contributed by atoms with van der Waals surface area (Å²) in [5.41, 5.74) is 1.45. The number of halogens is 1. The van der Waals surface area contributed by atoms with Crippen molar-refractivity contribution < 1.29 is 12.9 Å². The van der Waals surface area contributed by atoms with Crippen LogP contribution in [-0.2, 0) is 23.6 Å². The predicted molar refractivity (Wildman–Crippen MR) is 113 cm³/mol. The van der Waals surface area contributed by atoms with E-state index in [9.17, 15) is 13.2 Å². The quantitative estimate of drug-likeness (QED) is 0.422. The van der Waals surface area contributed by atoms with Gasteiger partial charge < -0.3 is 9.09 Å². The van der Waals surface area contributed by atoms with Gasteiger partial charge in [-0.2, -0.15) is 9.29 Å². The van der Waals surface area contributed by atoms with Crippen molar-refractivity contribution in [1.82, 2.24) is 19.0 Å². The van der Waals surface area contributed by atoms with Crippen LogP contribution in [0, 0.1) is 0 Å². The summed E-state index contributed by atoms with van der Waals surface area (Å²) in [5.74, 6) is 0.555. The number of fused-ring (bicyclic) bond motifs is 1. The summed E-state index contributed by atoms with van der Waals surface area (Å²) in [6, 6.07) is 12.0. The molecule has 0 unspecified atom stereocenters. The van der Waals surface area contributed by atoms with Crippen LogP contribution >= 0.6 is 27.3 Å². The molecular weight excluding hydrogens is 480 g/mol. The molecule has 4 aromatic rings. The molecule has 29 heavy (non-hydrogen) atoms. The maximum Gasteiger partial charge on any atom is 0.307 e. The molecule has 2 heterocycles. The average molecular weight is 495 g/mol. The summed E-state index contributed by atoms with van der Waals surface area (Å²) >= 11 is 4.39. The zero-order chi connectivity index (χ0) is 20.8. The van der Waals surface area contributed by atoms with Crippen LogP contribution in [0.5, 0.6) is 0 Å². The summed E-state index contributed by atoms with van der Waals surface area (Å²) < 4.78 is 35.2. The highest BCUT2D eigenvalue weighted by molar-refractivity contribution is 9.10. The Morgan fingerprint density at radius 2 is 2.03 bits per heavy atom. The van der Waals surface area contributed by atoms with E-state index in [1.165, 1.54) is 23.7 Å². The molecule has 0 saturated carbocycles. The molecule has 0 N–H and O–H groups in total. The van der Waals surface area contributed by atoms with Crippen molar-refractivity contribution >= 4 is 47.5 Å². The van der Waals surface area contributed by atoms with E-state index in [2.05, 4.69) is 26.1 Å². The molecule has 0 radical (unpaired) electrons. The van der Waals surface area contributed by atoms with Crippen LogP contribution in [0.15, 0.2) is 61.2 Å². The molecule has 2 aromatic heterocycles. The van der Waals surface area contributed by atoms with Gasteiger partial charge in [-0.15, -0.1) is 0 Å². The van der Waals surface area contributed by atoms with E-state index in [1.54, 1.807) is 13.1 Å². The van der Waals surface area contributed by atoms with Gasteiger partial charge in [0, 0.05) is 24.1 Å². The first kappa shape index (κ1) is 20.0. The van der Waals surface area contributed by atoms with Gasteiger partial charge in [0.05, 0.1) is 21.7 Å². The third-order valence-electron chi connectivity index (χ3n) is 4.38. The minimum absolute atomic E-state index is 0.0770. The van der Waals surface area contributed by atoms with Gasteiger partial charge in [-0.25, -0.2) is 8.42 Å². The third kappa shape index (κ3) is 3.78. The largest absolute Gasteiger partial charge is 0.338 e. The first-order valence-corrected chi connectivity index (χ1v) is 11.4. The fourth-order valence-electron chi connectivity index (χ4n) is 2.79. The highest BCUT2D eigenvalue weighted by atomic mass is 79.9. The van der Waals surface area contributed by atoms with Gasteiger partial charge in [0.15, 0.2) is 0 Å². The topological polar surface area (TPSA) is 98.3 Å². The number of nitrogens with zero attached hydrogens (tertiary/aromatic N) is 4. The monoisotopic (exact) mass is 494 g/mol. The third-order valence-corrected chi connectivity index (χ3v) is 7.67. The average Bonchev–Trinajstić information content (AvgIpc) is 3.26. The summed E-state index contributed by atoms with van der Waals surface area (Å²) in [6.45, 7) is -0.0770. The fourth-order valence-corrected chi connectivity index (χ4v) is 5.33.